The van der Waals surface area contributed by atoms with E-state index < -0.39 is 10.0 Å². The van der Waals surface area contributed by atoms with Gasteiger partial charge in [-0.15, -0.1) is 0 Å². The van der Waals surface area contributed by atoms with Crippen molar-refractivity contribution in [1.29, 1.82) is 0 Å². The Balaban J connectivity index is 1.40. The summed E-state index contributed by atoms with van der Waals surface area (Å²) in [4.78, 5) is 21.4. The largest absolute Gasteiger partial charge is 0.325 e. The molecule has 1 N–H and O–H groups in total. The predicted molar refractivity (Wildman–Crippen MR) is 148 cm³/mol. The van der Waals surface area contributed by atoms with Crippen molar-refractivity contribution in [3.63, 3.8) is 0 Å². The minimum Gasteiger partial charge on any atom is -0.325 e. The quantitative estimate of drug-likeness (QED) is 0.239. The van der Waals surface area contributed by atoms with Gasteiger partial charge >= 0.3 is 0 Å². The van der Waals surface area contributed by atoms with Gasteiger partial charge in [-0.25, -0.2) is 18.4 Å². The molecule has 4 aromatic rings. The van der Waals surface area contributed by atoms with Crippen LogP contribution in [-0.4, -0.2) is 30.0 Å². The first-order valence-corrected chi connectivity index (χ1v) is 14.3. The van der Waals surface area contributed by atoms with E-state index in [0.29, 0.717) is 32.8 Å². The number of aryl methyl sites for hydroxylation is 2. The number of hydrogen-bond acceptors (Lipinski definition) is 6. The summed E-state index contributed by atoms with van der Waals surface area (Å²) in [6.07, 6.45) is 1.33. The summed E-state index contributed by atoms with van der Waals surface area (Å²) < 4.78 is 28.7. The van der Waals surface area contributed by atoms with Crippen LogP contribution in [0.15, 0.2) is 83.0 Å². The second-order valence-electron chi connectivity index (χ2n) is 8.68. The lowest BCUT2D eigenvalue weighted by atomic mass is 10.1. The molecule has 0 aliphatic carbocycles. The molecule has 0 radical (unpaired) electrons. The molecule has 0 saturated carbocycles. The Labute approximate surface area is 225 Å². The predicted octanol–water partition coefficient (Wildman–Crippen LogP) is 5.85. The van der Waals surface area contributed by atoms with Crippen LogP contribution in [0.5, 0.6) is 0 Å². The Morgan fingerprint density at radius 3 is 2.59 bits per heavy atom. The van der Waals surface area contributed by atoms with Crippen molar-refractivity contribution in [3.05, 3.63) is 94.6 Å². The van der Waals surface area contributed by atoms with E-state index in [1.54, 1.807) is 24.3 Å². The van der Waals surface area contributed by atoms with Gasteiger partial charge in [0.2, 0.25) is 5.91 Å². The fraction of sp³-hybridized carbons (Fsp3) is 0.148. The lowest BCUT2D eigenvalue weighted by molar-refractivity contribution is -0.113. The first kappa shape index (κ1) is 25.3. The minimum atomic E-state index is -3.89. The Morgan fingerprint density at radius 1 is 1.05 bits per heavy atom. The molecule has 10 heteroatoms. The van der Waals surface area contributed by atoms with Crippen molar-refractivity contribution >= 4 is 50.7 Å². The first-order chi connectivity index (χ1) is 17.7. The molecule has 37 heavy (non-hydrogen) atoms. The number of carbonyl (C=O) groups excluding carboxylic acids is 1. The molecule has 2 heterocycles. The van der Waals surface area contributed by atoms with E-state index in [1.807, 2.05) is 56.3 Å². The number of sulfonamides is 1. The summed E-state index contributed by atoms with van der Waals surface area (Å²) in [5.74, 6) is -0.187. The second kappa shape index (κ2) is 10.2. The zero-order valence-electron chi connectivity index (χ0n) is 20.1. The third-order valence-electron chi connectivity index (χ3n) is 5.98. The number of nitrogens with one attached hydrogen (secondary N) is 1. The minimum absolute atomic E-state index is 0.0432. The molecule has 0 atom stereocenters. The molecule has 0 unspecified atom stereocenters. The topological polar surface area (TPSA) is 92.3 Å². The van der Waals surface area contributed by atoms with E-state index in [4.69, 9.17) is 11.6 Å². The molecule has 188 valence electrons. The molecule has 7 nitrogen and oxygen atoms in total. The summed E-state index contributed by atoms with van der Waals surface area (Å²) >= 11 is 7.17. The molecule has 1 amide bonds. The highest BCUT2D eigenvalue weighted by molar-refractivity contribution is 7.99. The number of rotatable bonds is 6. The molecule has 0 bridgehead atoms. The zero-order valence-corrected chi connectivity index (χ0v) is 22.5. The zero-order chi connectivity index (χ0) is 26.2. The van der Waals surface area contributed by atoms with E-state index >= 15 is 0 Å². The van der Waals surface area contributed by atoms with Gasteiger partial charge in [0.15, 0.2) is 5.16 Å². The van der Waals surface area contributed by atoms with Gasteiger partial charge in [-0.05, 0) is 43.2 Å². The number of nitrogens with zero attached hydrogens (tertiary/aromatic N) is 3. The number of anilines is 2. The van der Waals surface area contributed by atoms with E-state index in [9.17, 15) is 13.2 Å². The second-order valence-corrected chi connectivity index (χ2v) is 11.9. The van der Waals surface area contributed by atoms with Crippen LogP contribution >= 0.6 is 23.4 Å². The first-order valence-electron chi connectivity index (χ1n) is 11.5. The normalized spacial score (nSPS) is 13.5. The third kappa shape index (κ3) is 5.20. The molecular weight excluding hydrogens is 528 g/mol. The summed E-state index contributed by atoms with van der Waals surface area (Å²) in [6, 6.07) is 20.3. The number of hydrogen-bond donors (Lipinski definition) is 1. The molecule has 5 rings (SSSR count). The Hall–Kier alpha value is -3.40. The van der Waals surface area contributed by atoms with Gasteiger partial charge in [-0.2, -0.15) is 0 Å². The van der Waals surface area contributed by atoms with Gasteiger partial charge in [0.1, 0.15) is 4.90 Å². The van der Waals surface area contributed by atoms with Crippen LogP contribution in [-0.2, 0) is 21.4 Å². The highest BCUT2D eigenvalue weighted by Crippen LogP contribution is 2.42. The lowest BCUT2D eigenvalue weighted by Crippen LogP contribution is -2.34. The van der Waals surface area contributed by atoms with Crippen molar-refractivity contribution in [3.8, 4) is 11.3 Å². The number of carbonyl (C=O) groups is 1. The maximum atomic E-state index is 13.6. The van der Waals surface area contributed by atoms with Gasteiger partial charge in [0.25, 0.3) is 10.0 Å². The molecule has 1 aliphatic heterocycles. The average Bonchev–Trinajstić information content (AvgIpc) is 2.88. The molecule has 1 aliphatic rings. The van der Waals surface area contributed by atoms with E-state index in [1.165, 1.54) is 10.5 Å². The third-order valence-corrected chi connectivity index (χ3v) is 8.84. The van der Waals surface area contributed by atoms with Gasteiger partial charge in [-0.3, -0.25) is 9.10 Å². The van der Waals surface area contributed by atoms with Crippen molar-refractivity contribution in [1.82, 2.24) is 9.97 Å². The molecule has 0 saturated heterocycles. The maximum absolute atomic E-state index is 13.6. The summed E-state index contributed by atoms with van der Waals surface area (Å²) in [6.45, 7) is 4.06. The van der Waals surface area contributed by atoms with Crippen molar-refractivity contribution < 1.29 is 13.2 Å². The molecule has 3 aromatic carbocycles. The number of fused-ring (bicyclic) bond motifs is 3. The van der Waals surface area contributed by atoms with Crippen LogP contribution in [0.3, 0.4) is 0 Å². The number of aromatic nitrogens is 2. The van der Waals surface area contributed by atoms with Crippen LogP contribution < -0.4 is 9.62 Å². The molecule has 0 fully saturated rings. The van der Waals surface area contributed by atoms with Gasteiger partial charge in [0, 0.05) is 16.3 Å². The number of benzene rings is 3. The van der Waals surface area contributed by atoms with Gasteiger partial charge in [0.05, 0.1) is 29.9 Å². The number of halogens is 1. The van der Waals surface area contributed by atoms with Crippen molar-refractivity contribution in [2.24, 2.45) is 0 Å². The lowest BCUT2D eigenvalue weighted by Gasteiger charge is -2.31. The van der Waals surface area contributed by atoms with Gasteiger partial charge < -0.3 is 5.32 Å². The molecular formula is C27H23ClN4O3S2. The van der Waals surface area contributed by atoms with Crippen LogP contribution in [0, 0.1) is 13.8 Å². The fourth-order valence-electron chi connectivity index (χ4n) is 4.02. The summed E-state index contributed by atoms with van der Waals surface area (Å²) in [7, 11) is -3.89. The van der Waals surface area contributed by atoms with Crippen LogP contribution in [0.1, 0.15) is 16.7 Å². The van der Waals surface area contributed by atoms with E-state index in [2.05, 4.69) is 15.3 Å². The van der Waals surface area contributed by atoms with Crippen LogP contribution in [0.25, 0.3) is 11.3 Å². The Kier molecular flexibility index (Phi) is 6.94. The molecule has 1 aromatic heterocycles. The average molecular weight is 551 g/mol. The number of para-hydroxylation sites is 1. The summed E-state index contributed by atoms with van der Waals surface area (Å²) in [5, 5.41) is 3.69. The van der Waals surface area contributed by atoms with Crippen molar-refractivity contribution in [2.45, 2.75) is 30.4 Å². The number of thioether (sulfide) groups is 1. The maximum Gasteiger partial charge on any atom is 0.268 e. The Morgan fingerprint density at radius 2 is 1.81 bits per heavy atom. The van der Waals surface area contributed by atoms with Crippen LogP contribution in [0.4, 0.5) is 11.4 Å². The fourth-order valence-corrected chi connectivity index (χ4v) is 6.37. The van der Waals surface area contributed by atoms with E-state index in [0.717, 1.165) is 28.5 Å². The Bertz CT molecular complexity index is 1610. The van der Waals surface area contributed by atoms with Crippen LogP contribution in [0.2, 0.25) is 5.02 Å². The van der Waals surface area contributed by atoms with Crippen molar-refractivity contribution in [2.75, 3.05) is 15.4 Å². The SMILES string of the molecule is Cc1ccc(CN2c3ccccc3-c3nc(SCC(=O)Nc4cc(Cl)ccc4C)ncc3S2(=O)=O)cc1. The monoisotopic (exact) mass is 550 g/mol. The van der Waals surface area contributed by atoms with E-state index in [-0.39, 0.29) is 23.1 Å². The highest BCUT2D eigenvalue weighted by Gasteiger charge is 2.36. The highest BCUT2D eigenvalue weighted by atomic mass is 35.5. The van der Waals surface area contributed by atoms with Gasteiger partial charge in [-0.1, -0.05) is 77.5 Å². The standard InChI is InChI=1S/C27H23ClN4O3S2/c1-17-7-10-19(11-8-17)15-32-23-6-4-3-5-21(23)26-24(37(32,34)35)14-29-27(31-26)36-16-25(33)30-22-13-20(28)12-9-18(22)2/h3-14H,15-16H2,1-2H3,(H,30,33). The number of amides is 1. The smallest absolute Gasteiger partial charge is 0.268 e. The summed E-state index contributed by atoms with van der Waals surface area (Å²) in [5.41, 5.74) is 5.09. The molecule has 0 spiro atoms.